The third-order valence-corrected chi connectivity index (χ3v) is 4.48. The third kappa shape index (κ3) is 5.70. The van der Waals surface area contributed by atoms with Gasteiger partial charge < -0.3 is 19.1 Å². The lowest BCUT2D eigenvalue weighted by Gasteiger charge is -2.42. The topological polar surface area (TPSA) is 73.8 Å². The largest absolute Gasteiger partial charge is 0.474 e. The summed E-state index contributed by atoms with van der Waals surface area (Å²) in [5, 5.41) is 1.09. The molecular weight excluding hydrogens is 394 g/mol. The molecule has 0 spiro atoms. The summed E-state index contributed by atoms with van der Waals surface area (Å²) in [4.78, 5) is 22.9. The molecule has 3 heterocycles. The van der Waals surface area contributed by atoms with Crippen LogP contribution >= 0.6 is 11.6 Å². The summed E-state index contributed by atoms with van der Waals surface area (Å²) in [5.74, 6) is 0.402. The van der Waals surface area contributed by atoms with Crippen LogP contribution in [0.1, 0.15) is 40.2 Å². The van der Waals surface area contributed by atoms with Gasteiger partial charge in [0.15, 0.2) is 0 Å². The fourth-order valence-corrected chi connectivity index (χ4v) is 3.48. The molecule has 1 aliphatic heterocycles. The Kier molecular flexibility index (Phi) is 5.92. The summed E-state index contributed by atoms with van der Waals surface area (Å²) in [6, 6.07) is 3.66. The molecule has 7 nitrogen and oxygen atoms in total. The van der Waals surface area contributed by atoms with Gasteiger partial charge in [-0.05, 0) is 53.2 Å². The highest BCUT2D eigenvalue weighted by atomic mass is 35.5. The lowest BCUT2D eigenvalue weighted by atomic mass is 10.1. The van der Waals surface area contributed by atoms with Crippen molar-refractivity contribution in [3.8, 4) is 5.88 Å². The van der Waals surface area contributed by atoms with Gasteiger partial charge in [0.1, 0.15) is 23.5 Å². The highest BCUT2D eigenvalue weighted by molar-refractivity contribution is 6.30. The molecule has 8 heteroatoms. The zero-order valence-electron chi connectivity index (χ0n) is 17.8. The van der Waals surface area contributed by atoms with Crippen molar-refractivity contribution in [2.24, 2.45) is 0 Å². The molecule has 0 unspecified atom stereocenters. The fraction of sp³-hybridized carbons (Fsp3) is 0.571. The second kappa shape index (κ2) is 7.95. The van der Waals surface area contributed by atoms with Crippen LogP contribution in [0, 0.1) is 6.92 Å². The number of nitrogens with zero attached hydrogens (tertiary/aromatic N) is 3. The number of carbonyl (C=O) groups excluding carboxylic acids is 1. The number of hydrogen-bond acceptors (Lipinski definition) is 6. The number of fused-ring (bicyclic) bond motifs is 1. The number of hydrogen-bond donors (Lipinski definition) is 0. The molecular formula is C21H28ClN3O4. The number of ether oxygens (including phenoxy) is 3. The van der Waals surface area contributed by atoms with Gasteiger partial charge in [0, 0.05) is 12.3 Å². The highest BCUT2D eigenvalue weighted by Gasteiger charge is 2.37. The van der Waals surface area contributed by atoms with Crippen LogP contribution in [-0.4, -0.2) is 58.0 Å². The predicted octanol–water partition coefficient (Wildman–Crippen LogP) is 4.38. The molecule has 29 heavy (non-hydrogen) atoms. The first-order valence-electron chi connectivity index (χ1n) is 9.63. The monoisotopic (exact) mass is 421 g/mol. The minimum Gasteiger partial charge on any atom is -0.474 e. The number of halogens is 1. The van der Waals surface area contributed by atoms with Crippen LogP contribution in [-0.2, 0) is 9.47 Å². The lowest BCUT2D eigenvalue weighted by molar-refractivity contribution is -0.143. The maximum atomic E-state index is 12.5. The summed E-state index contributed by atoms with van der Waals surface area (Å²) in [6.07, 6.45) is 1.08. The van der Waals surface area contributed by atoms with E-state index in [0.717, 1.165) is 10.9 Å². The molecule has 158 valence electrons. The van der Waals surface area contributed by atoms with Crippen molar-refractivity contribution in [3.63, 3.8) is 0 Å². The van der Waals surface area contributed by atoms with Crippen LogP contribution in [0.4, 0.5) is 4.79 Å². The summed E-state index contributed by atoms with van der Waals surface area (Å²) >= 11 is 6.12. The minimum atomic E-state index is -0.556. The van der Waals surface area contributed by atoms with Gasteiger partial charge in [0.25, 0.3) is 0 Å². The number of aromatic nitrogens is 2. The second-order valence-electron chi connectivity index (χ2n) is 9.00. The van der Waals surface area contributed by atoms with E-state index < -0.39 is 11.2 Å². The van der Waals surface area contributed by atoms with Crippen LogP contribution in [0.15, 0.2) is 18.3 Å². The Bertz CT molecular complexity index is 911. The fourth-order valence-electron chi connectivity index (χ4n) is 3.30. The molecule has 1 atom stereocenters. The van der Waals surface area contributed by atoms with Crippen LogP contribution in [0.25, 0.3) is 10.9 Å². The maximum absolute atomic E-state index is 12.5. The van der Waals surface area contributed by atoms with Crippen LogP contribution in [0.3, 0.4) is 0 Å². The van der Waals surface area contributed by atoms with Gasteiger partial charge in [-0.3, -0.25) is 4.98 Å². The first-order chi connectivity index (χ1) is 13.4. The van der Waals surface area contributed by atoms with Gasteiger partial charge in [-0.1, -0.05) is 11.6 Å². The van der Waals surface area contributed by atoms with Gasteiger partial charge in [-0.2, -0.15) is 0 Å². The Morgan fingerprint density at radius 2 is 2.10 bits per heavy atom. The van der Waals surface area contributed by atoms with Crippen LogP contribution in [0.5, 0.6) is 5.88 Å². The van der Waals surface area contributed by atoms with Crippen molar-refractivity contribution in [3.05, 3.63) is 29.0 Å². The first-order valence-corrected chi connectivity index (χ1v) is 10.0. The Morgan fingerprint density at radius 1 is 1.38 bits per heavy atom. The Balaban J connectivity index is 1.75. The Labute approximate surface area is 176 Å². The number of morpholine rings is 1. The second-order valence-corrected chi connectivity index (χ2v) is 9.39. The Hall–Kier alpha value is -2.12. The van der Waals surface area contributed by atoms with Crippen molar-refractivity contribution >= 4 is 28.6 Å². The van der Waals surface area contributed by atoms with Gasteiger partial charge in [-0.15, -0.1) is 0 Å². The van der Waals surface area contributed by atoms with E-state index in [2.05, 4.69) is 9.97 Å². The van der Waals surface area contributed by atoms with E-state index in [1.807, 2.05) is 47.6 Å². The smallest absolute Gasteiger partial charge is 0.410 e. The normalized spacial score (nSPS) is 19.3. The van der Waals surface area contributed by atoms with Crippen molar-refractivity contribution in [1.82, 2.24) is 14.9 Å². The zero-order valence-corrected chi connectivity index (χ0v) is 18.5. The summed E-state index contributed by atoms with van der Waals surface area (Å²) in [5.41, 5.74) is 0.633. The number of aryl methyl sites for hydroxylation is 1. The van der Waals surface area contributed by atoms with E-state index in [-0.39, 0.29) is 18.8 Å². The molecule has 0 bridgehead atoms. The molecule has 2 aromatic heterocycles. The molecule has 1 amide bonds. The number of pyridine rings is 2. The zero-order chi connectivity index (χ0) is 21.4. The average molecular weight is 422 g/mol. The van der Waals surface area contributed by atoms with E-state index in [1.165, 1.54) is 0 Å². The predicted molar refractivity (Wildman–Crippen MR) is 112 cm³/mol. The molecule has 0 aromatic carbocycles. The summed E-state index contributed by atoms with van der Waals surface area (Å²) in [7, 11) is 0. The lowest BCUT2D eigenvalue weighted by Crippen LogP contribution is -2.56. The number of rotatable bonds is 3. The van der Waals surface area contributed by atoms with Crippen LogP contribution in [0.2, 0.25) is 5.15 Å². The molecule has 1 saturated heterocycles. The van der Waals surface area contributed by atoms with Crippen molar-refractivity contribution in [2.75, 3.05) is 19.7 Å². The van der Waals surface area contributed by atoms with Gasteiger partial charge >= 0.3 is 6.09 Å². The molecule has 1 fully saturated rings. The average Bonchev–Trinajstić information content (AvgIpc) is 2.57. The maximum Gasteiger partial charge on any atom is 0.410 e. The Morgan fingerprint density at radius 3 is 2.79 bits per heavy atom. The molecule has 1 aliphatic rings. The van der Waals surface area contributed by atoms with Gasteiger partial charge in [0.05, 0.1) is 29.6 Å². The minimum absolute atomic E-state index is 0.221. The molecule has 0 N–H and O–H groups in total. The van der Waals surface area contributed by atoms with E-state index >= 15 is 0 Å². The van der Waals surface area contributed by atoms with Crippen LogP contribution < -0.4 is 4.74 Å². The molecule has 0 saturated carbocycles. The van der Waals surface area contributed by atoms with E-state index in [1.54, 1.807) is 17.2 Å². The van der Waals surface area contributed by atoms with Crippen molar-refractivity contribution < 1.29 is 19.0 Å². The molecule has 3 rings (SSSR count). The molecule has 0 radical (unpaired) electrons. The van der Waals surface area contributed by atoms with E-state index in [0.29, 0.717) is 29.6 Å². The SMILES string of the molecule is Cc1cnc2cc(Cl)nc(OC[C@@H]3CN(C(=O)OC(C)(C)C)CC(C)(C)O3)c2c1. The molecule has 2 aromatic rings. The number of carbonyl (C=O) groups is 1. The van der Waals surface area contributed by atoms with E-state index in [4.69, 9.17) is 25.8 Å². The first kappa shape index (κ1) is 21.6. The van der Waals surface area contributed by atoms with Gasteiger partial charge in [-0.25, -0.2) is 9.78 Å². The highest BCUT2D eigenvalue weighted by Crippen LogP contribution is 2.28. The van der Waals surface area contributed by atoms with Gasteiger partial charge in [0.2, 0.25) is 5.88 Å². The standard InChI is InChI=1S/C21H28ClN3O4/c1-13-7-15-16(23-9-13)8-17(22)24-18(15)27-11-14-10-25(12-21(5,6)28-14)19(26)29-20(2,3)4/h7-9,14H,10-12H2,1-6H3/t14-/m0/s1. The third-order valence-electron chi connectivity index (χ3n) is 4.29. The van der Waals surface area contributed by atoms with E-state index in [9.17, 15) is 4.79 Å². The van der Waals surface area contributed by atoms with Crippen molar-refractivity contribution in [2.45, 2.75) is 58.8 Å². The quantitative estimate of drug-likeness (QED) is 0.684. The summed E-state index contributed by atoms with van der Waals surface area (Å²) < 4.78 is 17.6. The number of amides is 1. The summed E-state index contributed by atoms with van der Waals surface area (Å²) in [6.45, 7) is 12.4. The van der Waals surface area contributed by atoms with Crippen molar-refractivity contribution in [1.29, 1.82) is 0 Å². The molecule has 0 aliphatic carbocycles.